The van der Waals surface area contributed by atoms with Gasteiger partial charge in [0.1, 0.15) is 0 Å². The Kier molecular flexibility index (Phi) is 4.93. The summed E-state index contributed by atoms with van der Waals surface area (Å²) in [5.41, 5.74) is 7.00. The zero-order valence-corrected chi connectivity index (χ0v) is 18.7. The molecule has 3 nitrogen and oxygen atoms in total. The molecule has 0 aliphatic heterocycles. The van der Waals surface area contributed by atoms with E-state index in [0.29, 0.717) is 0 Å². The summed E-state index contributed by atoms with van der Waals surface area (Å²) in [7, 11) is 0. The van der Waals surface area contributed by atoms with Crippen molar-refractivity contribution in [1.29, 1.82) is 0 Å². The monoisotopic (exact) mass is 437 g/mol. The first-order valence-corrected chi connectivity index (χ1v) is 11.3. The molecule has 6 aromatic rings. The molecule has 4 aromatic carbocycles. The van der Waals surface area contributed by atoms with Crippen molar-refractivity contribution in [1.82, 2.24) is 9.13 Å². The van der Waals surface area contributed by atoms with Crippen LogP contribution in [-0.4, -0.2) is 15.3 Å². The Labute approximate surface area is 198 Å². The van der Waals surface area contributed by atoms with E-state index in [1.165, 1.54) is 32.7 Å². The lowest BCUT2D eigenvalue weighted by Gasteiger charge is -2.10. The Morgan fingerprint density at radius 3 is 2.29 bits per heavy atom. The molecule has 0 atom stereocenters. The van der Waals surface area contributed by atoms with Crippen LogP contribution < -0.4 is 0 Å². The van der Waals surface area contributed by atoms with Gasteiger partial charge >= 0.3 is 0 Å². The van der Waals surface area contributed by atoms with E-state index in [4.69, 9.17) is 0 Å². The molecule has 6 rings (SSSR count). The summed E-state index contributed by atoms with van der Waals surface area (Å²) >= 11 is 0. The number of allylic oxidation sites excluding steroid dienone is 1. The van der Waals surface area contributed by atoms with Crippen LogP contribution >= 0.6 is 0 Å². The Balaban J connectivity index is 1.56. The van der Waals surface area contributed by atoms with Gasteiger partial charge in [-0.3, -0.25) is 4.99 Å². The molecule has 34 heavy (non-hydrogen) atoms. The van der Waals surface area contributed by atoms with Crippen molar-refractivity contribution in [3.8, 4) is 11.4 Å². The SMILES string of the molecule is C=C/C=N\C=C\c1ccc(-n2c3ccccc3c3cc4ccn(-c5ccccc5)c4cc32)cc1. The van der Waals surface area contributed by atoms with Crippen molar-refractivity contribution in [3.05, 3.63) is 128 Å². The van der Waals surface area contributed by atoms with E-state index in [2.05, 4.69) is 124 Å². The maximum Gasteiger partial charge on any atom is 0.0562 e. The second kappa shape index (κ2) is 8.38. The normalized spacial score (nSPS) is 12.0. The van der Waals surface area contributed by atoms with Crippen LogP contribution in [0.25, 0.3) is 50.2 Å². The van der Waals surface area contributed by atoms with Crippen molar-refractivity contribution in [2.24, 2.45) is 4.99 Å². The number of aromatic nitrogens is 2. The summed E-state index contributed by atoms with van der Waals surface area (Å²) in [6.07, 6.45) is 9.27. The van der Waals surface area contributed by atoms with Crippen LogP contribution in [0.3, 0.4) is 0 Å². The molecule has 3 heteroatoms. The van der Waals surface area contributed by atoms with E-state index >= 15 is 0 Å². The van der Waals surface area contributed by atoms with E-state index in [-0.39, 0.29) is 0 Å². The average Bonchev–Trinajstić information content (AvgIpc) is 3.45. The zero-order chi connectivity index (χ0) is 22.9. The Bertz CT molecular complexity index is 1690. The number of hydrogen-bond acceptors (Lipinski definition) is 1. The molecule has 0 spiro atoms. The van der Waals surface area contributed by atoms with Gasteiger partial charge in [0, 0.05) is 46.1 Å². The van der Waals surface area contributed by atoms with Crippen molar-refractivity contribution in [3.63, 3.8) is 0 Å². The maximum absolute atomic E-state index is 4.17. The number of aliphatic imine (C=N–C) groups is 1. The molecule has 0 N–H and O–H groups in total. The molecule has 0 bridgehead atoms. The number of nitrogens with zero attached hydrogens (tertiary/aromatic N) is 3. The lowest BCUT2D eigenvalue weighted by atomic mass is 10.1. The molecule has 0 fully saturated rings. The number of para-hydroxylation sites is 2. The molecule has 0 saturated heterocycles. The van der Waals surface area contributed by atoms with Gasteiger partial charge in [-0.2, -0.15) is 0 Å². The van der Waals surface area contributed by atoms with Crippen molar-refractivity contribution < 1.29 is 0 Å². The average molecular weight is 438 g/mol. The topological polar surface area (TPSA) is 22.2 Å². The fourth-order valence-electron chi connectivity index (χ4n) is 4.66. The van der Waals surface area contributed by atoms with Gasteiger partial charge in [0.05, 0.1) is 16.6 Å². The molecular weight excluding hydrogens is 414 g/mol. The highest BCUT2D eigenvalue weighted by molar-refractivity contribution is 6.13. The third-order valence-corrected chi connectivity index (χ3v) is 6.21. The second-order valence-corrected chi connectivity index (χ2v) is 8.24. The molecule has 2 heterocycles. The third-order valence-electron chi connectivity index (χ3n) is 6.21. The minimum absolute atomic E-state index is 1.10. The van der Waals surface area contributed by atoms with Gasteiger partial charge in [-0.1, -0.05) is 61.2 Å². The Hall–Kier alpha value is -4.63. The molecule has 0 aliphatic rings. The highest BCUT2D eigenvalue weighted by atomic mass is 15.0. The summed E-state index contributed by atoms with van der Waals surface area (Å²) in [6.45, 7) is 3.65. The number of benzene rings is 4. The summed E-state index contributed by atoms with van der Waals surface area (Å²) in [5.74, 6) is 0. The first-order valence-electron chi connectivity index (χ1n) is 11.3. The molecule has 0 unspecified atom stereocenters. The van der Waals surface area contributed by atoms with Gasteiger partial charge in [0.15, 0.2) is 0 Å². The largest absolute Gasteiger partial charge is 0.316 e. The van der Waals surface area contributed by atoms with Crippen LogP contribution in [0.2, 0.25) is 0 Å². The quantitative estimate of drug-likeness (QED) is 0.244. The van der Waals surface area contributed by atoms with Gasteiger partial charge in [0.2, 0.25) is 0 Å². The fraction of sp³-hybridized carbons (Fsp3) is 0. The molecule has 0 radical (unpaired) electrons. The number of rotatable bonds is 5. The van der Waals surface area contributed by atoms with Crippen molar-refractivity contribution in [2.75, 3.05) is 0 Å². The highest BCUT2D eigenvalue weighted by Gasteiger charge is 2.14. The fourth-order valence-corrected chi connectivity index (χ4v) is 4.66. The molecular formula is C31H23N3. The third kappa shape index (κ3) is 3.35. The molecule has 2 aromatic heterocycles. The van der Waals surface area contributed by atoms with Crippen LogP contribution in [0.4, 0.5) is 0 Å². The molecule has 0 aliphatic carbocycles. The predicted molar refractivity (Wildman–Crippen MR) is 145 cm³/mol. The van der Waals surface area contributed by atoms with Crippen LogP contribution in [0.15, 0.2) is 127 Å². The maximum atomic E-state index is 4.17. The number of fused-ring (bicyclic) bond motifs is 4. The molecule has 162 valence electrons. The summed E-state index contributed by atoms with van der Waals surface area (Å²) in [4.78, 5) is 4.17. The van der Waals surface area contributed by atoms with Crippen LogP contribution in [-0.2, 0) is 0 Å². The lowest BCUT2D eigenvalue weighted by Crippen LogP contribution is -1.95. The Morgan fingerprint density at radius 2 is 1.47 bits per heavy atom. The zero-order valence-electron chi connectivity index (χ0n) is 18.7. The summed E-state index contributed by atoms with van der Waals surface area (Å²) in [5, 5.41) is 3.76. The molecule has 0 saturated carbocycles. The van der Waals surface area contributed by atoms with E-state index in [1.807, 2.05) is 6.08 Å². The molecule has 0 amide bonds. The minimum Gasteiger partial charge on any atom is -0.316 e. The van der Waals surface area contributed by atoms with E-state index in [0.717, 1.165) is 16.9 Å². The standard InChI is InChI=1S/C31H23N3/c1-2-18-32-19-16-23-12-14-26(15-13-23)34-29-11-7-6-10-27(29)28-21-24-17-20-33(30(24)22-31(28)34)25-8-4-3-5-9-25/h2-22H,1H2/b19-16+,32-18-. The summed E-state index contributed by atoms with van der Waals surface area (Å²) in [6, 6.07) is 34.5. The lowest BCUT2D eigenvalue weighted by molar-refractivity contribution is 1.12. The van der Waals surface area contributed by atoms with E-state index in [1.54, 1.807) is 18.5 Å². The van der Waals surface area contributed by atoms with E-state index < -0.39 is 0 Å². The van der Waals surface area contributed by atoms with Crippen LogP contribution in [0.1, 0.15) is 5.56 Å². The number of hydrogen-bond donors (Lipinski definition) is 0. The van der Waals surface area contributed by atoms with E-state index in [9.17, 15) is 0 Å². The van der Waals surface area contributed by atoms with Gasteiger partial charge < -0.3 is 9.13 Å². The smallest absolute Gasteiger partial charge is 0.0562 e. The minimum atomic E-state index is 1.10. The first-order chi connectivity index (χ1) is 16.8. The first kappa shape index (κ1) is 20.0. The van der Waals surface area contributed by atoms with Crippen molar-refractivity contribution >= 4 is 45.0 Å². The van der Waals surface area contributed by atoms with Crippen molar-refractivity contribution in [2.45, 2.75) is 0 Å². The second-order valence-electron chi connectivity index (χ2n) is 8.24. The Morgan fingerprint density at radius 1 is 0.676 bits per heavy atom. The van der Waals surface area contributed by atoms with Gasteiger partial charge in [0.25, 0.3) is 0 Å². The predicted octanol–water partition coefficient (Wildman–Crippen LogP) is 7.96. The summed E-state index contributed by atoms with van der Waals surface area (Å²) < 4.78 is 4.62. The van der Waals surface area contributed by atoms with Gasteiger partial charge in [-0.05, 0) is 60.2 Å². The van der Waals surface area contributed by atoms with Gasteiger partial charge in [-0.15, -0.1) is 0 Å². The highest BCUT2D eigenvalue weighted by Crippen LogP contribution is 2.35. The van der Waals surface area contributed by atoms with Gasteiger partial charge in [-0.25, -0.2) is 0 Å². The van der Waals surface area contributed by atoms with Crippen LogP contribution in [0.5, 0.6) is 0 Å². The van der Waals surface area contributed by atoms with Crippen LogP contribution in [0, 0.1) is 0 Å².